The first kappa shape index (κ1) is 24.2. The zero-order valence-electron chi connectivity index (χ0n) is 20.1. The van der Waals surface area contributed by atoms with Gasteiger partial charge < -0.3 is 25.0 Å². The standard InChI is InChI=1S/C24H34N6O4/c1-16-6-4-9-26-22(16)20-14-19(28-29(20)12-5-10-27-24(32)33-3)17(2)30(18-7-8-18)23(31)21-15-25-11-13-34-21/h4,6,9,14,17-18,21,25H,5,7-8,10-13,15H2,1-3H3,(H,27,32)/t17-,21-/m1/s1. The molecule has 1 saturated carbocycles. The largest absolute Gasteiger partial charge is 0.453 e. The smallest absolute Gasteiger partial charge is 0.406 e. The molecule has 3 heterocycles. The lowest BCUT2D eigenvalue weighted by molar-refractivity contribution is -0.148. The summed E-state index contributed by atoms with van der Waals surface area (Å²) in [6.45, 7) is 6.97. The number of ether oxygens (including phenoxy) is 2. The number of carbonyl (C=O) groups is 2. The maximum Gasteiger partial charge on any atom is 0.406 e. The molecule has 0 bridgehead atoms. The molecule has 1 aliphatic carbocycles. The Morgan fingerprint density at radius 3 is 2.91 bits per heavy atom. The number of alkyl carbamates (subject to hydrolysis) is 1. The fourth-order valence-electron chi connectivity index (χ4n) is 4.32. The number of rotatable bonds is 9. The van der Waals surface area contributed by atoms with Crippen molar-refractivity contribution in [3.05, 3.63) is 35.7 Å². The summed E-state index contributed by atoms with van der Waals surface area (Å²) in [4.78, 5) is 31.3. The van der Waals surface area contributed by atoms with Crippen molar-refractivity contribution in [3.63, 3.8) is 0 Å². The first-order chi connectivity index (χ1) is 16.5. The van der Waals surface area contributed by atoms with Crippen LogP contribution >= 0.6 is 0 Å². The number of morpholine rings is 1. The second kappa shape index (κ2) is 11.0. The normalized spacial score (nSPS) is 18.9. The predicted octanol–water partition coefficient (Wildman–Crippen LogP) is 2.04. The molecule has 34 heavy (non-hydrogen) atoms. The monoisotopic (exact) mass is 470 g/mol. The maximum absolute atomic E-state index is 13.4. The number of nitrogens with one attached hydrogen (secondary N) is 2. The molecule has 0 radical (unpaired) electrons. The molecule has 0 spiro atoms. The second-order valence-electron chi connectivity index (χ2n) is 8.83. The van der Waals surface area contributed by atoms with Gasteiger partial charge in [0.15, 0.2) is 0 Å². The molecular weight excluding hydrogens is 436 g/mol. The van der Waals surface area contributed by atoms with E-state index in [1.807, 2.05) is 41.6 Å². The summed E-state index contributed by atoms with van der Waals surface area (Å²) >= 11 is 0. The molecule has 10 heteroatoms. The molecule has 1 aliphatic heterocycles. The van der Waals surface area contributed by atoms with Crippen LogP contribution in [-0.2, 0) is 20.8 Å². The van der Waals surface area contributed by atoms with Crippen molar-refractivity contribution in [1.82, 2.24) is 30.3 Å². The van der Waals surface area contributed by atoms with E-state index in [0.717, 1.165) is 42.0 Å². The van der Waals surface area contributed by atoms with Crippen LogP contribution in [-0.4, -0.2) is 77.2 Å². The Morgan fingerprint density at radius 2 is 2.24 bits per heavy atom. The maximum atomic E-state index is 13.4. The van der Waals surface area contributed by atoms with Gasteiger partial charge in [-0.15, -0.1) is 0 Å². The summed E-state index contributed by atoms with van der Waals surface area (Å²) < 4.78 is 12.3. The lowest BCUT2D eigenvalue weighted by Gasteiger charge is -2.33. The van der Waals surface area contributed by atoms with Gasteiger partial charge in [0.25, 0.3) is 5.91 Å². The molecule has 2 fully saturated rings. The molecule has 10 nitrogen and oxygen atoms in total. The van der Waals surface area contributed by atoms with Crippen LogP contribution in [0.5, 0.6) is 0 Å². The first-order valence-electron chi connectivity index (χ1n) is 12.0. The van der Waals surface area contributed by atoms with Crippen LogP contribution in [0.4, 0.5) is 4.79 Å². The molecule has 2 amide bonds. The molecule has 0 unspecified atom stereocenters. The van der Waals surface area contributed by atoms with Crippen LogP contribution in [0, 0.1) is 6.92 Å². The van der Waals surface area contributed by atoms with E-state index >= 15 is 0 Å². The van der Waals surface area contributed by atoms with Gasteiger partial charge in [-0.3, -0.25) is 14.5 Å². The van der Waals surface area contributed by atoms with Crippen molar-refractivity contribution >= 4 is 12.0 Å². The molecule has 4 rings (SSSR count). The number of nitrogens with zero attached hydrogens (tertiary/aromatic N) is 4. The van der Waals surface area contributed by atoms with Crippen LogP contribution in [0.2, 0.25) is 0 Å². The summed E-state index contributed by atoms with van der Waals surface area (Å²) in [5.41, 5.74) is 3.63. The van der Waals surface area contributed by atoms with Crippen molar-refractivity contribution in [2.24, 2.45) is 0 Å². The molecule has 1 saturated heterocycles. The lowest BCUT2D eigenvalue weighted by atomic mass is 10.1. The Balaban J connectivity index is 1.58. The van der Waals surface area contributed by atoms with E-state index in [1.54, 1.807) is 6.20 Å². The van der Waals surface area contributed by atoms with Crippen molar-refractivity contribution < 1.29 is 19.1 Å². The van der Waals surface area contributed by atoms with Crippen molar-refractivity contribution in [2.45, 2.75) is 57.8 Å². The van der Waals surface area contributed by atoms with E-state index in [0.29, 0.717) is 32.7 Å². The van der Waals surface area contributed by atoms with E-state index in [4.69, 9.17) is 9.84 Å². The number of pyridine rings is 1. The first-order valence-corrected chi connectivity index (χ1v) is 12.0. The van der Waals surface area contributed by atoms with Gasteiger partial charge in [-0.25, -0.2) is 4.79 Å². The number of methoxy groups -OCH3 is 1. The average Bonchev–Trinajstić information content (AvgIpc) is 3.60. The SMILES string of the molecule is COC(=O)NCCCn1nc([C@@H](C)N(C(=O)[C@H]2CNCCO2)C2CC2)cc1-c1ncccc1C. The van der Waals surface area contributed by atoms with Gasteiger partial charge in [0, 0.05) is 38.4 Å². The molecule has 2 aromatic rings. The third kappa shape index (κ3) is 5.56. The molecule has 0 aromatic carbocycles. The minimum absolute atomic E-state index is 0.0228. The minimum Gasteiger partial charge on any atom is -0.453 e. The van der Waals surface area contributed by atoms with Gasteiger partial charge in [0.05, 0.1) is 36.8 Å². The molecule has 2 aromatic heterocycles. The Morgan fingerprint density at radius 1 is 1.41 bits per heavy atom. The summed E-state index contributed by atoms with van der Waals surface area (Å²) in [5, 5.41) is 10.9. The minimum atomic E-state index is -0.458. The van der Waals surface area contributed by atoms with Gasteiger partial charge >= 0.3 is 6.09 Å². The third-order valence-electron chi connectivity index (χ3n) is 6.30. The van der Waals surface area contributed by atoms with E-state index < -0.39 is 12.2 Å². The fourth-order valence-corrected chi connectivity index (χ4v) is 4.32. The average molecular weight is 471 g/mol. The van der Waals surface area contributed by atoms with Crippen molar-refractivity contribution in [2.75, 3.05) is 33.4 Å². The van der Waals surface area contributed by atoms with Crippen molar-refractivity contribution in [3.8, 4) is 11.4 Å². The van der Waals surface area contributed by atoms with E-state index in [2.05, 4.69) is 20.4 Å². The zero-order valence-corrected chi connectivity index (χ0v) is 20.1. The van der Waals surface area contributed by atoms with Crippen LogP contribution < -0.4 is 10.6 Å². The summed E-state index contributed by atoms with van der Waals surface area (Å²) in [7, 11) is 1.35. The highest BCUT2D eigenvalue weighted by Crippen LogP contribution is 2.36. The Bertz CT molecular complexity index is 999. The van der Waals surface area contributed by atoms with Gasteiger partial charge in [-0.2, -0.15) is 5.10 Å². The Kier molecular flexibility index (Phi) is 7.79. The Hall–Kier alpha value is -2.98. The molecule has 2 N–H and O–H groups in total. The van der Waals surface area contributed by atoms with E-state index in [9.17, 15) is 9.59 Å². The number of hydrogen-bond acceptors (Lipinski definition) is 7. The topological polar surface area (TPSA) is 111 Å². The number of carbonyl (C=O) groups excluding carboxylic acids is 2. The quantitative estimate of drug-likeness (QED) is 0.540. The number of amides is 2. The highest BCUT2D eigenvalue weighted by molar-refractivity contribution is 5.82. The number of aromatic nitrogens is 3. The highest BCUT2D eigenvalue weighted by Gasteiger charge is 2.40. The summed E-state index contributed by atoms with van der Waals surface area (Å²) in [6.07, 6.45) is 3.55. The van der Waals surface area contributed by atoms with E-state index in [-0.39, 0.29) is 18.0 Å². The van der Waals surface area contributed by atoms with Gasteiger partial charge in [-0.1, -0.05) is 6.07 Å². The second-order valence-corrected chi connectivity index (χ2v) is 8.83. The van der Waals surface area contributed by atoms with Gasteiger partial charge in [0.1, 0.15) is 6.10 Å². The summed E-state index contributed by atoms with van der Waals surface area (Å²) in [6, 6.07) is 6.01. The van der Waals surface area contributed by atoms with Crippen LogP contribution in [0.3, 0.4) is 0 Å². The van der Waals surface area contributed by atoms with Crippen LogP contribution in [0.15, 0.2) is 24.4 Å². The molecule has 2 aliphatic rings. The molecule has 2 atom stereocenters. The lowest BCUT2D eigenvalue weighted by Crippen LogP contribution is -2.50. The molecule has 184 valence electrons. The predicted molar refractivity (Wildman–Crippen MR) is 126 cm³/mol. The zero-order chi connectivity index (χ0) is 24.1. The van der Waals surface area contributed by atoms with Gasteiger partial charge in [-0.05, 0) is 50.8 Å². The van der Waals surface area contributed by atoms with Gasteiger partial charge in [0.2, 0.25) is 0 Å². The van der Waals surface area contributed by atoms with Crippen molar-refractivity contribution in [1.29, 1.82) is 0 Å². The number of aryl methyl sites for hydroxylation is 2. The number of hydrogen-bond donors (Lipinski definition) is 2. The van der Waals surface area contributed by atoms with E-state index in [1.165, 1.54) is 7.11 Å². The fraction of sp³-hybridized carbons (Fsp3) is 0.583. The van der Waals surface area contributed by atoms with Crippen LogP contribution in [0.25, 0.3) is 11.4 Å². The highest BCUT2D eigenvalue weighted by atomic mass is 16.5. The summed E-state index contributed by atoms with van der Waals surface area (Å²) in [5.74, 6) is 0.0228. The Labute approximate surface area is 200 Å². The molecular formula is C24H34N6O4. The van der Waals surface area contributed by atoms with Crippen LogP contribution in [0.1, 0.15) is 43.5 Å². The third-order valence-corrected chi connectivity index (χ3v) is 6.30.